The molecule has 0 atom stereocenters. The molecule has 0 aliphatic rings. The Morgan fingerprint density at radius 2 is 2.10 bits per heavy atom. The molecule has 0 unspecified atom stereocenters. The summed E-state index contributed by atoms with van der Waals surface area (Å²) in [5.74, 6) is 0.815. The van der Waals surface area contributed by atoms with E-state index in [0.717, 1.165) is 26.4 Å². The predicted octanol–water partition coefficient (Wildman–Crippen LogP) is 5.74. The number of nitriles is 1. The SMILES string of the molecule is COc1ccc2c(-c3ccccc3)c(C(=O)Nc3nc(C)c(SCC#N)s3)oc2c1. The largest absolute Gasteiger partial charge is 0.497 e. The van der Waals surface area contributed by atoms with Crippen LogP contribution in [-0.4, -0.2) is 23.8 Å². The lowest BCUT2D eigenvalue weighted by Crippen LogP contribution is -2.11. The van der Waals surface area contributed by atoms with Crippen molar-refractivity contribution in [3.63, 3.8) is 0 Å². The molecule has 2 aromatic heterocycles. The van der Waals surface area contributed by atoms with E-state index in [-0.39, 0.29) is 11.7 Å². The lowest BCUT2D eigenvalue weighted by atomic mass is 10.0. The monoisotopic (exact) mass is 435 g/mol. The number of hydrogen-bond acceptors (Lipinski definition) is 7. The molecule has 1 N–H and O–H groups in total. The predicted molar refractivity (Wildman–Crippen MR) is 119 cm³/mol. The lowest BCUT2D eigenvalue weighted by molar-refractivity contribution is 0.0999. The third kappa shape index (κ3) is 3.90. The number of carbonyl (C=O) groups is 1. The minimum Gasteiger partial charge on any atom is -0.497 e. The number of amides is 1. The van der Waals surface area contributed by atoms with Crippen molar-refractivity contribution in [3.05, 3.63) is 60.0 Å². The second-order valence-corrected chi connectivity index (χ2v) is 8.57. The quantitative estimate of drug-likeness (QED) is 0.389. The number of aromatic nitrogens is 1. The molecule has 0 radical (unpaired) electrons. The average molecular weight is 436 g/mol. The second-order valence-electron chi connectivity index (χ2n) is 6.33. The highest BCUT2D eigenvalue weighted by molar-refractivity contribution is 8.01. The molecule has 4 rings (SSSR count). The van der Waals surface area contributed by atoms with Gasteiger partial charge in [0.2, 0.25) is 5.76 Å². The molecule has 6 nitrogen and oxygen atoms in total. The smallest absolute Gasteiger partial charge is 0.293 e. The summed E-state index contributed by atoms with van der Waals surface area (Å²) in [7, 11) is 1.59. The molecule has 0 aliphatic heterocycles. The molecule has 0 saturated carbocycles. The van der Waals surface area contributed by atoms with E-state index in [1.807, 2.05) is 49.4 Å². The highest BCUT2D eigenvalue weighted by Crippen LogP contribution is 2.38. The number of anilines is 1. The fourth-order valence-electron chi connectivity index (χ4n) is 3.08. The third-order valence-corrected chi connectivity index (χ3v) is 6.71. The Bertz CT molecular complexity index is 1260. The molecular formula is C22H17N3O3S2. The van der Waals surface area contributed by atoms with Crippen molar-refractivity contribution in [1.82, 2.24) is 4.98 Å². The lowest BCUT2D eigenvalue weighted by Gasteiger charge is -2.04. The van der Waals surface area contributed by atoms with Gasteiger partial charge in [-0.15, -0.1) is 0 Å². The van der Waals surface area contributed by atoms with E-state index in [1.54, 1.807) is 13.2 Å². The van der Waals surface area contributed by atoms with E-state index in [2.05, 4.69) is 16.4 Å². The van der Waals surface area contributed by atoms with Crippen LogP contribution < -0.4 is 10.1 Å². The van der Waals surface area contributed by atoms with Gasteiger partial charge in [-0.05, 0) is 24.6 Å². The Balaban J connectivity index is 1.74. The van der Waals surface area contributed by atoms with Gasteiger partial charge in [-0.25, -0.2) is 4.98 Å². The number of benzene rings is 2. The fraction of sp³-hybridized carbons (Fsp3) is 0.136. The molecule has 8 heteroatoms. The molecule has 0 spiro atoms. The Kier molecular flexibility index (Phi) is 5.74. The van der Waals surface area contributed by atoms with E-state index >= 15 is 0 Å². The number of furan rings is 1. The topological polar surface area (TPSA) is 88.1 Å². The van der Waals surface area contributed by atoms with Crippen LogP contribution in [0.3, 0.4) is 0 Å². The minimum atomic E-state index is -0.380. The first kappa shape index (κ1) is 20.0. The van der Waals surface area contributed by atoms with E-state index in [4.69, 9.17) is 14.4 Å². The van der Waals surface area contributed by atoms with Crippen LogP contribution in [0.5, 0.6) is 5.75 Å². The van der Waals surface area contributed by atoms with Crippen LogP contribution in [0.2, 0.25) is 0 Å². The Morgan fingerprint density at radius 1 is 1.30 bits per heavy atom. The number of methoxy groups -OCH3 is 1. The zero-order chi connectivity index (χ0) is 21.1. The zero-order valence-electron chi connectivity index (χ0n) is 16.3. The van der Waals surface area contributed by atoms with Crippen LogP contribution in [0.25, 0.3) is 22.1 Å². The normalized spacial score (nSPS) is 10.7. The van der Waals surface area contributed by atoms with Crippen molar-refractivity contribution in [2.45, 2.75) is 11.1 Å². The Morgan fingerprint density at radius 3 is 2.83 bits per heavy atom. The molecule has 0 saturated heterocycles. The summed E-state index contributed by atoms with van der Waals surface area (Å²) in [6.07, 6.45) is 0. The molecular weight excluding hydrogens is 418 g/mol. The molecule has 0 fully saturated rings. The molecule has 30 heavy (non-hydrogen) atoms. The Labute approximate surface area is 181 Å². The summed E-state index contributed by atoms with van der Waals surface area (Å²) in [5, 5.41) is 12.9. The summed E-state index contributed by atoms with van der Waals surface area (Å²) in [5.41, 5.74) is 2.96. The standard InChI is InChI=1S/C22H17N3O3S2/c1-13-21(29-11-10-23)30-22(24-13)25-20(26)19-18(14-6-4-3-5-7-14)16-9-8-15(27-2)12-17(16)28-19/h3-9,12H,11H2,1-2H3,(H,24,25,26). The van der Waals surface area contributed by atoms with Gasteiger partial charge in [0, 0.05) is 17.0 Å². The number of aryl methyl sites for hydroxylation is 1. The van der Waals surface area contributed by atoms with Crippen molar-refractivity contribution in [1.29, 1.82) is 5.26 Å². The van der Waals surface area contributed by atoms with Gasteiger partial charge in [-0.3, -0.25) is 10.1 Å². The molecule has 150 valence electrons. The molecule has 1 amide bonds. The van der Waals surface area contributed by atoms with Gasteiger partial charge in [0.05, 0.1) is 28.8 Å². The van der Waals surface area contributed by atoms with Gasteiger partial charge < -0.3 is 9.15 Å². The maximum absolute atomic E-state index is 13.1. The maximum atomic E-state index is 13.1. The van der Waals surface area contributed by atoms with Crippen molar-refractivity contribution in [2.75, 3.05) is 18.2 Å². The first-order valence-corrected chi connectivity index (χ1v) is 10.9. The van der Waals surface area contributed by atoms with E-state index in [1.165, 1.54) is 23.1 Å². The van der Waals surface area contributed by atoms with E-state index in [0.29, 0.717) is 22.2 Å². The number of ether oxygens (including phenoxy) is 1. The van der Waals surface area contributed by atoms with E-state index in [9.17, 15) is 4.79 Å². The van der Waals surface area contributed by atoms with Crippen molar-refractivity contribution >= 4 is 45.1 Å². The average Bonchev–Trinajstić information content (AvgIpc) is 3.32. The van der Waals surface area contributed by atoms with Crippen LogP contribution >= 0.6 is 23.1 Å². The number of thiazole rings is 1. The summed E-state index contributed by atoms with van der Waals surface area (Å²) >= 11 is 2.75. The summed E-state index contributed by atoms with van der Waals surface area (Å²) in [6, 6.07) is 17.2. The summed E-state index contributed by atoms with van der Waals surface area (Å²) in [6.45, 7) is 1.86. The first-order valence-electron chi connectivity index (χ1n) is 9.05. The molecule has 4 aromatic rings. The number of nitrogens with one attached hydrogen (secondary N) is 1. The van der Waals surface area contributed by atoms with Gasteiger partial charge >= 0.3 is 0 Å². The fourth-order valence-corrected chi connectivity index (χ4v) is 4.87. The maximum Gasteiger partial charge on any atom is 0.293 e. The number of rotatable bonds is 6. The van der Waals surface area contributed by atoms with Gasteiger partial charge in [0.1, 0.15) is 11.3 Å². The molecule has 2 heterocycles. The van der Waals surface area contributed by atoms with Gasteiger partial charge in [0.25, 0.3) is 5.91 Å². The summed E-state index contributed by atoms with van der Waals surface area (Å²) < 4.78 is 12.2. The molecule has 0 aliphatic carbocycles. The van der Waals surface area contributed by atoms with Crippen LogP contribution in [-0.2, 0) is 0 Å². The first-order chi connectivity index (χ1) is 14.6. The number of hydrogen-bond donors (Lipinski definition) is 1. The number of thioether (sulfide) groups is 1. The van der Waals surface area contributed by atoms with E-state index < -0.39 is 0 Å². The molecule has 2 aromatic carbocycles. The highest BCUT2D eigenvalue weighted by Gasteiger charge is 2.23. The van der Waals surface area contributed by atoms with Crippen LogP contribution in [0.15, 0.2) is 57.2 Å². The van der Waals surface area contributed by atoms with Crippen LogP contribution in [0.1, 0.15) is 16.2 Å². The van der Waals surface area contributed by atoms with Crippen molar-refractivity contribution < 1.29 is 13.9 Å². The number of fused-ring (bicyclic) bond motifs is 1. The number of carbonyl (C=O) groups excluding carboxylic acids is 1. The van der Waals surface area contributed by atoms with Gasteiger partial charge in [0.15, 0.2) is 5.13 Å². The second kappa shape index (κ2) is 8.61. The zero-order valence-corrected chi connectivity index (χ0v) is 17.9. The van der Waals surface area contributed by atoms with Crippen molar-refractivity contribution in [3.8, 4) is 22.9 Å². The van der Waals surface area contributed by atoms with Gasteiger partial charge in [-0.1, -0.05) is 53.4 Å². The third-order valence-electron chi connectivity index (χ3n) is 4.41. The Hall–Kier alpha value is -3.28. The number of nitrogens with zero attached hydrogens (tertiary/aromatic N) is 2. The molecule has 0 bridgehead atoms. The highest BCUT2D eigenvalue weighted by atomic mass is 32.2. The van der Waals surface area contributed by atoms with Crippen LogP contribution in [0.4, 0.5) is 5.13 Å². The minimum absolute atomic E-state index is 0.212. The van der Waals surface area contributed by atoms with Crippen molar-refractivity contribution in [2.24, 2.45) is 0 Å². The summed E-state index contributed by atoms with van der Waals surface area (Å²) in [4.78, 5) is 17.5. The van der Waals surface area contributed by atoms with Gasteiger partial charge in [-0.2, -0.15) is 5.26 Å². The van der Waals surface area contributed by atoms with Crippen LogP contribution in [0, 0.1) is 18.3 Å².